The van der Waals surface area contributed by atoms with E-state index in [2.05, 4.69) is 0 Å². The quantitative estimate of drug-likeness (QED) is 0.573. The second-order valence-electron chi connectivity index (χ2n) is 9.94. The molecule has 1 saturated carbocycles. The maximum atomic E-state index is 14.3. The van der Waals surface area contributed by atoms with Gasteiger partial charge in [0.15, 0.2) is 0 Å². The van der Waals surface area contributed by atoms with Gasteiger partial charge in [-0.3, -0.25) is 19.3 Å². The first-order valence-corrected chi connectivity index (χ1v) is 12.5. The summed E-state index contributed by atoms with van der Waals surface area (Å²) in [5, 5.41) is 0. The number of imide groups is 1. The summed E-state index contributed by atoms with van der Waals surface area (Å²) in [5.41, 5.74) is -0.0490. The second-order valence-corrected chi connectivity index (χ2v) is 9.94. The normalized spacial score (nSPS) is 25.0. The van der Waals surface area contributed by atoms with Gasteiger partial charge in [-0.2, -0.15) is 0 Å². The maximum absolute atomic E-state index is 14.3. The zero-order valence-electron chi connectivity index (χ0n) is 20.0. The molecule has 35 heavy (non-hydrogen) atoms. The Bertz CT molecular complexity index is 1150. The highest BCUT2D eigenvalue weighted by Gasteiger charge is 2.56. The summed E-state index contributed by atoms with van der Waals surface area (Å²) in [6.45, 7) is 0.565. The number of methoxy groups -OCH3 is 1. The molecular formula is C28H31FN2O4. The molecule has 2 aromatic carbocycles. The molecule has 0 aromatic heterocycles. The van der Waals surface area contributed by atoms with Gasteiger partial charge in [0.1, 0.15) is 11.6 Å². The molecule has 184 valence electrons. The van der Waals surface area contributed by atoms with Gasteiger partial charge in [-0.15, -0.1) is 0 Å². The smallest absolute Gasteiger partial charge is 0.241 e. The van der Waals surface area contributed by atoms with Crippen LogP contribution in [0.25, 0.3) is 0 Å². The fraction of sp³-hybridized carbons (Fsp3) is 0.464. The van der Waals surface area contributed by atoms with Gasteiger partial charge in [0.25, 0.3) is 0 Å². The number of para-hydroxylation sites is 1. The summed E-state index contributed by atoms with van der Waals surface area (Å²) in [6, 6.07) is 13.2. The maximum Gasteiger partial charge on any atom is 0.241 e. The highest BCUT2D eigenvalue weighted by molar-refractivity contribution is 6.11. The van der Waals surface area contributed by atoms with Crippen molar-refractivity contribution in [2.24, 2.45) is 0 Å². The Morgan fingerprint density at radius 2 is 1.83 bits per heavy atom. The molecule has 0 radical (unpaired) electrons. The third-order valence-corrected chi connectivity index (χ3v) is 7.94. The van der Waals surface area contributed by atoms with Crippen molar-refractivity contribution in [3.05, 3.63) is 65.5 Å². The van der Waals surface area contributed by atoms with Crippen LogP contribution in [0.5, 0.6) is 5.75 Å². The van der Waals surface area contributed by atoms with Crippen LogP contribution >= 0.6 is 0 Å². The lowest BCUT2D eigenvalue weighted by Crippen LogP contribution is -2.46. The lowest BCUT2D eigenvalue weighted by atomic mass is 9.75. The Labute approximate surface area is 205 Å². The van der Waals surface area contributed by atoms with Crippen LogP contribution in [0.15, 0.2) is 48.5 Å². The van der Waals surface area contributed by atoms with Gasteiger partial charge < -0.3 is 9.64 Å². The van der Waals surface area contributed by atoms with Crippen LogP contribution in [-0.4, -0.2) is 47.2 Å². The summed E-state index contributed by atoms with van der Waals surface area (Å²) < 4.78 is 19.8. The summed E-state index contributed by atoms with van der Waals surface area (Å²) >= 11 is 0. The summed E-state index contributed by atoms with van der Waals surface area (Å²) in [4.78, 5) is 44.1. The van der Waals surface area contributed by atoms with Gasteiger partial charge in [0.2, 0.25) is 17.7 Å². The highest BCUT2D eigenvalue weighted by atomic mass is 19.1. The molecule has 0 spiro atoms. The fourth-order valence-corrected chi connectivity index (χ4v) is 6.24. The number of hydrogen-bond donors (Lipinski definition) is 0. The topological polar surface area (TPSA) is 66.9 Å². The van der Waals surface area contributed by atoms with Gasteiger partial charge >= 0.3 is 0 Å². The Balaban J connectivity index is 1.49. The zero-order valence-corrected chi connectivity index (χ0v) is 20.0. The third kappa shape index (κ3) is 4.11. The van der Waals surface area contributed by atoms with Gasteiger partial charge in [0, 0.05) is 31.0 Å². The van der Waals surface area contributed by atoms with E-state index in [1.165, 1.54) is 17.0 Å². The van der Waals surface area contributed by atoms with Crippen LogP contribution in [0.2, 0.25) is 0 Å². The summed E-state index contributed by atoms with van der Waals surface area (Å²) in [5.74, 6) is -0.585. The molecule has 5 rings (SSSR count). The molecule has 3 fully saturated rings. The van der Waals surface area contributed by atoms with Gasteiger partial charge in [-0.25, -0.2) is 4.39 Å². The molecule has 2 heterocycles. The predicted molar refractivity (Wildman–Crippen MR) is 128 cm³/mol. The minimum Gasteiger partial charge on any atom is -0.496 e. The molecule has 2 aliphatic heterocycles. The van der Waals surface area contributed by atoms with E-state index in [9.17, 15) is 18.8 Å². The third-order valence-electron chi connectivity index (χ3n) is 7.94. The number of rotatable bonds is 6. The number of ether oxygens (including phenoxy) is 1. The molecule has 3 amide bonds. The second kappa shape index (κ2) is 9.44. The van der Waals surface area contributed by atoms with Crippen LogP contribution in [0.3, 0.4) is 0 Å². The minimum absolute atomic E-state index is 0.106. The van der Waals surface area contributed by atoms with Crippen molar-refractivity contribution in [1.29, 1.82) is 0 Å². The van der Waals surface area contributed by atoms with Gasteiger partial charge in [0.05, 0.1) is 18.6 Å². The molecule has 6 nitrogen and oxygen atoms in total. The summed E-state index contributed by atoms with van der Waals surface area (Å²) in [6.07, 6.45) is 4.88. The van der Waals surface area contributed by atoms with Crippen LogP contribution < -0.4 is 4.74 Å². The lowest BCUT2D eigenvalue weighted by molar-refractivity contribution is -0.145. The number of carbonyl (C=O) groups is 3. The minimum atomic E-state index is -1.38. The van der Waals surface area contributed by atoms with E-state index in [4.69, 9.17) is 4.74 Å². The molecule has 0 unspecified atom stereocenters. The van der Waals surface area contributed by atoms with E-state index in [0.29, 0.717) is 12.1 Å². The molecule has 1 aliphatic carbocycles. The van der Waals surface area contributed by atoms with Crippen LogP contribution in [-0.2, 0) is 19.8 Å². The molecule has 0 N–H and O–H groups in total. The molecule has 2 saturated heterocycles. The zero-order chi connectivity index (χ0) is 24.6. The number of carbonyl (C=O) groups excluding carboxylic acids is 3. The average molecular weight is 479 g/mol. The first-order valence-electron chi connectivity index (χ1n) is 12.5. The molecule has 0 bridgehead atoms. The molecule has 7 heteroatoms. The summed E-state index contributed by atoms with van der Waals surface area (Å²) in [7, 11) is 1.61. The van der Waals surface area contributed by atoms with Crippen molar-refractivity contribution in [1.82, 2.24) is 9.80 Å². The Morgan fingerprint density at radius 3 is 2.57 bits per heavy atom. The van der Waals surface area contributed by atoms with Crippen molar-refractivity contribution in [2.75, 3.05) is 13.7 Å². The van der Waals surface area contributed by atoms with Crippen LogP contribution in [0.1, 0.15) is 68.5 Å². The van der Waals surface area contributed by atoms with Gasteiger partial charge in [-0.1, -0.05) is 43.2 Å². The number of benzene rings is 2. The largest absolute Gasteiger partial charge is 0.496 e. The molecule has 3 aliphatic rings. The van der Waals surface area contributed by atoms with Crippen molar-refractivity contribution < 1.29 is 23.5 Å². The molecule has 2 atom stereocenters. The number of hydrogen-bond acceptors (Lipinski definition) is 4. The highest BCUT2D eigenvalue weighted by Crippen LogP contribution is 2.45. The number of halogens is 1. The van der Waals surface area contributed by atoms with Crippen LogP contribution in [0, 0.1) is 5.82 Å². The number of likely N-dealkylation sites (tertiary alicyclic amines) is 2. The number of amides is 3. The molecular weight excluding hydrogens is 447 g/mol. The number of nitrogens with zero attached hydrogens (tertiary/aromatic N) is 2. The van der Waals surface area contributed by atoms with Gasteiger partial charge in [-0.05, 0) is 49.4 Å². The van der Waals surface area contributed by atoms with E-state index in [-0.39, 0.29) is 42.6 Å². The van der Waals surface area contributed by atoms with Crippen molar-refractivity contribution in [3.8, 4) is 5.75 Å². The average Bonchev–Trinajstić information content (AvgIpc) is 3.60. The van der Waals surface area contributed by atoms with Crippen molar-refractivity contribution in [3.63, 3.8) is 0 Å². The van der Waals surface area contributed by atoms with E-state index in [0.717, 1.165) is 49.8 Å². The fourth-order valence-electron chi connectivity index (χ4n) is 6.24. The Morgan fingerprint density at radius 1 is 1.06 bits per heavy atom. The predicted octanol–water partition coefficient (Wildman–Crippen LogP) is 4.53. The first kappa shape index (κ1) is 23.5. The standard InChI is InChI=1S/C28H31FN2O4/c1-35-24-14-5-4-12-22(24)23-13-7-15-30(23)25(32)17-28(19-8-6-9-20(29)16-19)18-26(33)31(27(28)34)21-10-2-3-11-21/h4-6,8-9,12,14,16,21,23H,2-3,7,10-11,13,15,17-18H2,1H3/t23-,28-/m0/s1. The van der Waals surface area contributed by atoms with Crippen molar-refractivity contribution in [2.45, 2.75) is 68.9 Å². The SMILES string of the molecule is COc1ccccc1[C@@H]1CCCN1C(=O)C[C@@]1(c2cccc(F)c2)CC(=O)N(C2CCCC2)C1=O. The van der Waals surface area contributed by atoms with E-state index < -0.39 is 11.2 Å². The molecule has 2 aromatic rings. The monoisotopic (exact) mass is 478 g/mol. The van der Waals surface area contributed by atoms with E-state index in [1.54, 1.807) is 24.1 Å². The Hall–Kier alpha value is -3.22. The van der Waals surface area contributed by atoms with Crippen LogP contribution in [0.4, 0.5) is 4.39 Å². The van der Waals surface area contributed by atoms with E-state index in [1.807, 2.05) is 24.3 Å². The van der Waals surface area contributed by atoms with E-state index >= 15 is 0 Å². The lowest BCUT2D eigenvalue weighted by Gasteiger charge is -2.32. The van der Waals surface area contributed by atoms with Crippen molar-refractivity contribution >= 4 is 17.7 Å². The Kier molecular flexibility index (Phi) is 6.34. The first-order chi connectivity index (χ1) is 16.9.